The van der Waals surface area contributed by atoms with Gasteiger partial charge in [-0.05, 0) is 25.7 Å². The zero-order valence-electron chi connectivity index (χ0n) is 18.8. The maximum absolute atomic E-state index is 13.7. The van der Waals surface area contributed by atoms with Gasteiger partial charge in [0.2, 0.25) is 11.8 Å². The van der Waals surface area contributed by atoms with E-state index in [0.29, 0.717) is 13.0 Å². The van der Waals surface area contributed by atoms with Crippen LogP contribution in [0.4, 0.5) is 0 Å². The molecule has 0 aromatic rings. The fourth-order valence-corrected chi connectivity index (χ4v) is 6.48. The summed E-state index contributed by atoms with van der Waals surface area (Å²) in [5, 5.41) is 13.1. The molecule has 0 aliphatic carbocycles. The van der Waals surface area contributed by atoms with Crippen molar-refractivity contribution in [2.24, 2.45) is 17.8 Å². The molecule has 0 saturated carbocycles. The number of likely N-dealkylation sites (tertiary alicyclic amines) is 1. The van der Waals surface area contributed by atoms with Crippen LogP contribution in [0.5, 0.6) is 0 Å². The molecule has 2 bridgehead atoms. The number of esters is 1. The van der Waals surface area contributed by atoms with E-state index in [0.717, 1.165) is 19.3 Å². The quantitative estimate of drug-likeness (QED) is 0.267. The van der Waals surface area contributed by atoms with Gasteiger partial charge in [0.05, 0.1) is 37.2 Å². The number of hydrogen-bond acceptors (Lipinski definition) is 6. The number of aliphatic hydroxyl groups is 1. The van der Waals surface area contributed by atoms with Crippen molar-refractivity contribution in [3.63, 3.8) is 0 Å². The van der Waals surface area contributed by atoms with Crippen molar-refractivity contribution < 1.29 is 29.0 Å². The number of ether oxygens (including phenoxy) is 2. The van der Waals surface area contributed by atoms with E-state index < -0.39 is 41.6 Å². The number of carbonyl (C=O) groups excluding carboxylic acids is 3. The Balaban J connectivity index is 2.00. The third kappa shape index (κ3) is 4.02. The van der Waals surface area contributed by atoms with E-state index in [2.05, 4.69) is 28.2 Å². The summed E-state index contributed by atoms with van der Waals surface area (Å²) in [6.07, 6.45) is 2.82. The lowest BCUT2D eigenvalue weighted by Crippen LogP contribution is -2.59. The Morgan fingerprint density at radius 1 is 1.35 bits per heavy atom. The van der Waals surface area contributed by atoms with Gasteiger partial charge in [-0.15, -0.1) is 0 Å². The van der Waals surface area contributed by atoms with Gasteiger partial charge in [0, 0.05) is 11.4 Å². The number of nitrogens with zero attached hydrogens (tertiary/aromatic N) is 1. The number of alkyl halides is 1. The molecule has 2 N–H and O–H groups in total. The van der Waals surface area contributed by atoms with Crippen molar-refractivity contribution in [2.75, 3.05) is 19.8 Å². The maximum Gasteiger partial charge on any atom is 0.312 e. The number of rotatable bonds is 10. The first-order chi connectivity index (χ1) is 14.7. The Hall–Kier alpha value is -1.19. The van der Waals surface area contributed by atoms with E-state index in [1.807, 2.05) is 13.8 Å². The monoisotopic (exact) mass is 502 g/mol. The first kappa shape index (κ1) is 24.5. The van der Waals surface area contributed by atoms with Crippen LogP contribution in [-0.4, -0.2) is 76.2 Å². The van der Waals surface area contributed by atoms with Gasteiger partial charge in [-0.25, -0.2) is 0 Å². The molecular weight excluding hydrogens is 468 g/mol. The van der Waals surface area contributed by atoms with Crippen LogP contribution in [0.15, 0.2) is 0 Å². The number of halogens is 1. The molecule has 8 nitrogen and oxygen atoms in total. The van der Waals surface area contributed by atoms with E-state index in [9.17, 15) is 19.5 Å². The Bertz CT molecular complexity index is 703. The number of nitrogens with one attached hydrogen (secondary N) is 1. The Morgan fingerprint density at radius 2 is 2.06 bits per heavy atom. The second-order valence-corrected chi connectivity index (χ2v) is 10.3. The molecule has 3 aliphatic heterocycles. The van der Waals surface area contributed by atoms with Crippen LogP contribution in [0.1, 0.15) is 53.4 Å². The highest BCUT2D eigenvalue weighted by Crippen LogP contribution is 2.60. The smallest absolute Gasteiger partial charge is 0.312 e. The van der Waals surface area contributed by atoms with Gasteiger partial charge in [-0.3, -0.25) is 14.4 Å². The van der Waals surface area contributed by atoms with Gasteiger partial charge in [0.1, 0.15) is 11.6 Å². The highest BCUT2D eigenvalue weighted by molar-refractivity contribution is 9.09. The van der Waals surface area contributed by atoms with Gasteiger partial charge >= 0.3 is 5.97 Å². The highest BCUT2D eigenvalue weighted by atomic mass is 79.9. The fraction of sp³-hybridized carbons (Fsp3) is 0.864. The van der Waals surface area contributed by atoms with Crippen molar-refractivity contribution in [1.82, 2.24) is 10.2 Å². The Labute approximate surface area is 192 Å². The number of carbonyl (C=O) groups is 3. The number of hydrogen-bond donors (Lipinski definition) is 2. The van der Waals surface area contributed by atoms with Crippen LogP contribution in [0, 0.1) is 17.8 Å². The number of amides is 2. The largest absolute Gasteiger partial charge is 0.466 e. The van der Waals surface area contributed by atoms with Gasteiger partial charge in [-0.1, -0.05) is 49.5 Å². The topological polar surface area (TPSA) is 105 Å². The second-order valence-electron chi connectivity index (χ2n) is 9.15. The SMILES string of the molecule is CCCCCNC(=O)[C@H]1N([C@@H](CO)C(C)C)C(=O)[C@@H]2[C@@H](C(=O)OCC)[C@@H]3O[C@@]21CC3Br. The minimum atomic E-state index is -1.11. The van der Waals surface area contributed by atoms with Crippen molar-refractivity contribution >= 4 is 33.7 Å². The zero-order valence-corrected chi connectivity index (χ0v) is 20.4. The van der Waals surface area contributed by atoms with Crippen LogP contribution in [0.25, 0.3) is 0 Å². The van der Waals surface area contributed by atoms with E-state index in [-0.39, 0.29) is 35.8 Å². The molecule has 0 aromatic heterocycles. The molecule has 7 atom stereocenters. The molecule has 9 heteroatoms. The third-order valence-corrected chi connectivity index (χ3v) is 7.77. The third-order valence-electron chi connectivity index (χ3n) is 6.93. The predicted molar refractivity (Wildman–Crippen MR) is 117 cm³/mol. The molecule has 0 aromatic carbocycles. The summed E-state index contributed by atoms with van der Waals surface area (Å²) in [6, 6.07) is -1.44. The van der Waals surface area contributed by atoms with Crippen LogP contribution < -0.4 is 5.32 Å². The predicted octanol–water partition coefficient (Wildman–Crippen LogP) is 1.62. The Kier molecular flexibility index (Phi) is 7.69. The summed E-state index contributed by atoms with van der Waals surface area (Å²) >= 11 is 3.62. The Morgan fingerprint density at radius 3 is 2.65 bits per heavy atom. The van der Waals surface area contributed by atoms with E-state index in [1.54, 1.807) is 6.92 Å². The molecule has 1 spiro atoms. The van der Waals surface area contributed by atoms with E-state index in [4.69, 9.17) is 9.47 Å². The van der Waals surface area contributed by atoms with Crippen LogP contribution in [-0.2, 0) is 23.9 Å². The van der Waals surface area contributed by atoms with Crippen molar-refractivity contribution in [3.8, 4) is 0 Å². The lowest BCUT2D eigenvalue weighted by atomic mass is 9.70. The standard InChI is InChI=1S/C22H35BrN2O6/c1-5-7-8-9-24-19(27)18-22-10-13(23)17(31-22)15(21(29)30-6-2)16(22)20(28)25(18)14(11-26)12(3)4/h12-18,26H,5-11H2,1-4H3,(H,24,27)/t13?,14-,15+,16-,17+,18+,22-/m0/s1. The number of fused-ring (bicyclic) bond motifs is 1. The maximum atomic E-state index is 13.7. The summed E-state index contributed by atoms with van der Waals surface area (Å²) in [7, 11) is 0. The fourth-order valence-electron chi connectivity index (χ4n) is 5.54. The minimum absolute atomic E-state index is 0.0717. The molecule has 3 rings (SSSR count). The summed E-state index contributed by atoms with van der Waals surface area (Å²) in [4.78, 5) is 41.3. The van der Waals surface area contributed by atoms with Crippen LogP contribution >= 0.6 is 15.9 Å². The average Bonchev–Trinajstić information content (AvgIpc) is 3.30. The van der Waals surface area contributed by atoms with Gasteiger partial charge in [0.15, 0.2) is 0 Å². The van der Waals surface area contributed by atoms with E-state index >= 15 is 0 Å². The lowest BCUT2D eigenvalue weighted by Gasteiger charge is -2.38. The number of aliphatic hydroxyl groups excluding tert-OH is 1. The first-order valence-corrected chi connectivity index (χ1v) is 12.4. The minimum Gasteiger partial charge on any atom is -0.466 e. The molecule has 3 saturated heterocycles. The molecule has 3 fully saturated rings. The normalized spacial score (nSPS) is 34.9. The molecule has 2 amide bonds. The van der Waals surface area contributed by atoms with Gasteiger partial charge in [0.25, 0.3) is 0 Å². The van der Waals surface area contributed by atoms with Crippen LogP contribution in [0.2, 0.25) is 0 Å². The molecule has 0 radical (unpaired) electrons. The highest BCUT2D eigenvalue weighted by Gasteiger charge is 2.77. The summed E-state index contributed by atoms with van der Waals surface area (Å²) in [6.45, 7) is 8.09. The van der Waals surface area contributed by atoms with E-state index in [1.165, 1.54) is 4.90 Å². The van der Waals surface area contributed by atoms with Crippen LogP contribution in [0.3, 0.4) is 0 Å². The van der Waals surface area contributed by atoms with Crippen molar-refractivity contribution in [2.45, 2.75) is 82.0 Å². The summed E-state index contributed by atoms with van der Waals surface area (Å²) in [5.41, 5.74) is -1.11. The van der Waals surface area contributed by atoms with Crippen molar-refractivity contribution in [1.29, 1.82) is 0 Å². The average molecular weight is 503 g/mol. The number of unbranched alkanes of at least 4 members (excludes halogenated alkanes) is 2. The molecule has 3 heterocycles. The lowest BCUT2D eigenvalue weighted by molar-refractivity contribution is -0.155. The molecule has 3 aliphatic rings. The summed E-state index contributed by atoms with van der Waals surface area (Å²) < 4.78 is 11.6. The molecule has 31 heavy (non-hydrogen) atoms. The van der Waals surface area contributed by atoms with Gasteiger partial charge in [-0.2, -0.15) is 0 Å². The van der Waals surface area contributed by atoms with Crippen molar-refractivity contribution in [3.05, 3.63) is 0 Å². The van der Waals surface area contributed by atoms with Gasteiger partial charge < -0.3 is 24.8 Å². The summed E-state index contributed by atoms with van der Waals surface area (Å²) in [5.74, 6) is -2.68. The first-order valence-electron chi connectivity index (χ1n) is 11.4. The zero-order chi connectivity index (χ0) is 22.9. The molecule has 176 valence electrons. The molecule has 1 unspecified atom stereocenters. The molecular formula is C22H35BrN2O6. The second kappa shape index (κ2) is 9.75.